The highest BCUT2D eigenvalue weighted by Crippen LogP contribution is 2.28. The van der Waals surface area contributed by atoms with Crippen LogP contribution in [0.25, 0.3) is 0 Å². The van der Waals surface area contributed by atoms with Crippen molar-refractivity contribution in [2.24, 2.45) is 11.8 Å². The number of piperidine rings is 1. The molecule has 2 N–H and O–H groups in total. The molecule has 1 amide bonds. The summed E-state index contributed by atoms with van der Waals surface area (Å²) >= 11 is 0. The fourth-order valence-electron chi connectivity index (χ4n) is 3.58. The SMILES string of the molecule is C[C@H]1C[C@@H](C(=O)NCCCCC2CCCC2)CCN1.Cl. The maximum Gasteiger partial charge on any atom is 0.223 e. The number of hydrogen-bond acceptors (Lipinski definition) is 2. The van der Waals surface area contributed by atoms with E-state index in [2.05, 4.69) is 17.6 Å². The second kappa shape index (κ2) is 9.62. The Kier molecular flexibility index (Phi) is 8.55. The molecule has 118 valence electrons. The maximum absolute atomic E-state index is 12.0. The van der Waals surface area contributed by atoms with E-state index < -0.39 is 0 Å². The van der Waals surface area contributed by atoms with Gasteiger partial charge in [0, 0.05) is 18.5 Å². The van der Waals surface area contributed by atoms with Crippen LogP contribution in [0.4, 0.5) is 0 Å². The Balaban J connectivity index is 0.00000200. The van der Waals surface area contributed by atoms with Crippen LogP contribution in [0.15, 0.2) is 0 Å². The summed E-state index contributed by atoms with van der Waals surface area (Å²) < 4.78 is 0. The molecule has 2 aliphatic rings. The summed E-state index contributed by atoms with van der Waals surface area (Å²) in [5.74, 6) is 1.52. The Morgan fingerprint density at radius 3 is 2.65 bits per heavy atom. The van der Waals surface area contributed by atoms with Crippen molar-refractivity contribution in [2.75, 3.05) is 13.1 Å². The summed E-state index contributed by atoms with van der Waals surface area (Å²) in [7, 11) is 0. The van der Waals surface area contributed by atoms with Gasteiger partial charge < -0.3 is 10.6 Å². The van der Waals surface area contributed by atoms with Crippen LogP contribution < -0.4 is 10.6 Å². The molecule has 0 aromatic carbocycles. The molecule has 0 spiro atoms. The maximum atomic E-state index is 12.0. The van der Waals surface area contributed by atoms with Crippen molar-refractivity contribution in [3.05, 3.63) is 0 Å². The van der Waals surface area contributed by atoms with Crippen molar-refractivity contribution in [3.63, 3.8) is 0 Å². The molecule has 0 aromatic heterocycles. The van der Waals surface area contributed by atoms with Crippen LogP contribution in [0.1, 0.15) is 64.7 Å². The van der Waals surface area contributed by atoms with Crippen LogP contribution in [0.5, 0.6) is 0 Å². The normalized spacial score (nSPS) is 27.1. The van der Waals surface area contributed by atoms with Crippen molar-refractivity contribution >= 4 is 18.3 Å². The Morgan fingerprint density at radius 1 is 1.20 bits per heavy atom. The standard InChI is InChI=1S/C16H30N2O.ClH/c1-13-12-15(9-11-17-13)16(19)18-10-5-4-8-14-6-2-3-7-14;/h13-15,17H,2-12H2,1H3,(H,18,19);1H/t13-,15-;/m0./s1. The zero-order valence-corrected chi connectivity index (χ0v) is 13.6. The smallest absolute Gasteiger partial charge is 0.223 e. The minimum Gasteiger partial charge on any atom is -0.356 e. The van der Waals surface area contributed by atoms with E-state index in [1.54, 1.807) is 0 Å². The molecule has 4 heteroatoms. The van der Waals surface area contributed by atoms with Gasteiger partial charge in [0.25, 0.3) is 0 Å². The van der Waals surface area contributed by atoms with Gasteiger partial charge in [-0.15, -0.1) is 12.4 Å². The van der Waals surface area contributed by atoms with Gasteiger partial charge in [-0.05, 0) is 38.6 Å². The topological polar surface area (TPSA) is 41.1 Å². The molecule has 3 nitrogen and oxygen atoms in total. The van der Waals surface area contributed by atoms with Crippen molar-refractivity contribution in [2.45, 2.75) is 70.8 Å². The quantitative estimate of drug-likeness (QED) is 0.739. The number of unbranched alkanes of at least 4 members (excludes halogenated alkanes) is 1. The van der Waals surface area contributed by atoms with Crippen LogP contribution in [-0.4, -0.2) is 25.0 Å². The average Bonchev–Trinajstić information content (AvgIpc) is 2.91. The van der Waals surface area contributed by atoms with Gasteiger partial charge in [0.05, 0.1) is 0 Å². The summed E-state index contributed by atoms with van der Waals surface area (Å²) in [5, 5.41) is 6.53. The lowest BCUT2D eigenvalue weighted by Gasteiger charge is -2.27. The van der Waals surface area contributed by atoms with Crippen molar-refractivity contribution < 1.29 is 4.79 Å². The first-order valence-electron chi connectivity index (χ1n) is 8.27. The second-order valence-corrected chi connectivity index (χ2v) is 6.51. The Labute approximate surface area is 130 Å². The van der Waals surface area contributed by atoms with Crippen molar-refractivity contribution in [1.29, 1.82) is 0 Å². The Bertz CT molecular complexity index is 280. The molecule has 1 aliphatic carbocycles. The van der Waals surface area contributed by atoms with Crippen LogP contribution in [-0.2, 0) is 4.79 Å². The molecule has 2 rings (SSSR count). The highest BCUT2D eigenvalue weighted by molar-refractivity contribution is 5.85. The van der Waals surface area contributed by atoms with Crippen molar-refractivity contribution in [1.82, 2.24) is 10.6 Å². The third kappa shape index (κ3) is 6.01. The van der Waals surface area contributed by atoms with Gasteiger partial charge in [0.2, 0.25) is 5.91 Å². The largest absolute Gasteiger partial charge is 0.356 e. The van der Waals surface area contributed by atoms with E-state index in [0.717, 1.165) is 38.3 Å². The number of hydrogen-bond donors (Lipinski definition) is 2. The molecular weight excluding hydrogens is 272 g/mol. The van der Waals surface area contributed by atoms with Gasteiger partial charge in [-0.1, -0.05) is 38.5 Å². The van der Waals surface area contributed by atoms with Gasteiger partial charge in [-0.25, -0.2) is 0 Å². The number of nitrogens with one attached hydrogen (secondary N) is 2. The first-order valence-corrected chi connectivity index (χ1v) is 8.27. The fraction of sp³-hybridized carbons (Fsp3) is 0.938. The first kappa shape index (κ1) is 17.8. The molecule has 2 fully saturated rings. The molecule has 20 heavy (non-hydrogen) atoms. The molecule has 0 radical (unpaired) electrons. The Hall–Kier alpha value is -0.280. The number of amides is 1. The van der Waals surface area contributed by atoms with Gasteiger partial charge in [-0.3, -0.25) is 4.79 Å². The zero-order valence-electron chi connectivity index (χ0n) is 12.8. The second-order valence-electron chi connectivity index (χ2n) is 6.51. The number of carbonyl (C=O) groups is 1. The summed E-state index contributed by atoms with van der Waals surface area (Å²) in [6.45, 7) is 4.03. The van der Waals surface area contributed by atoms with Gasteiger partial charge in [0.1, 0.15) is 0 Å². The molecule has 0 bridgehead atoms. The highest BCUT2D eigenvalue weighted by Gasteiger charge is 2.24. The number of carbonyl (C=O) groups excluding carboxylic acids is 1. The van der Waals surface area contributed by atoms with E-state index in [9.17, 15) is 4.79 Å². The average molecular weight is 303 g/mol. The predicted octanol–water partition coefficient (Wildman–Crippen LogP) is 3.27. The van der Waals surface area contributed by atoms with Crippen molar-refractivity contribution in [3.8, 4) is 0 Å². The Morgan fingerprint density at radius 2 is 1.95 bits per heavy atom. The first-order chi connectivity index (χ1) is 9.25. The molecule has 0 unspecified atom stereocenters. The fourth-order valence-corrected chi connectivity index (χ4v) is 3.58. The number of rotatable bonds is 6. The van der Waals surface area contributed by atoms with Crippen LogP contribution in [0.3, 0.4) is 0 Å². The predicted molar refractivity (Wildman–Crippen MR) is 86.3 cm³/mol. The minimum atomic E-state index is 0. The van der Waals surface area contributed by atoms with Gasteiger partial charge in [0.15, 0.2) is 0 Å². The van der Waals surface area contributed by atoms with E-state index in [-0.39, 0.29) is 24.2 Å². The molecule has 2 atom stereocenters. The molecule has 1 aliphatic heterocycles. The lowest BCUT2D eigenvalue weighted by molar-refractivity contribution is -0.126. The molecule has 1 saturated carbocycles. The molecule has 1 saturated heterocycles. The zero-order chi connectivity index (χ0) is 13.5. The summed E-state index contributed by atoms with van der Waals surface area (Å²) in [6.07, 6.45) is 11.6. The molecule has 1 heterocycles. The lowest BCUT2D eigenvalue weighted by Crippen LogP contribution is -2.42. The summed E-state index contributed by atoms with van der Waals surface area (Å²) in [5.41, 5.74) is 0. The third-order valence-corrected chi connectivity index (χ3v) is 4.81. The highest BCUT2D eigenvalue weighted by atomic mass is 35.5. The van der Waals surface area contributed by atoms with Crippen LogP contribution in [0, 0.1) is 11.8 Å². The molecule has 0 aromatic rings. The van der Waals surface area contributed by atoms with Crippen LogP contribution >= 0.6 is 12.4 Å². The van der Waals surface area contributed by atoms with E-state index in [4.69, 9.17) is 0 Å². The van der Waals surface area contributed by atoms with E-state index in [0.29, 0.717) is 6.04 Å². The van der Waals surface area contributed by atoms with E-state index in [1.807, 2.05) is 0 Å². The summed E-state index contributed by atoms with van der Waals surface area (Å²) in [4.78, 5) is 12.0. The van der Waals surface area contributed by atoms with Gasteiger partial charge >= 0.3 is 0 Å². The van der Waals surface area contributed by atoms with Crippen LogP contribution in [0.2, 0.25) is 0 Å². The number of halogens is 1. The van der Waals surface area contributed by atoms with Gasteiger partial charge in [-0.2, -0.15) is 0 Å². The lowest BCUT2D eigenvalue weighted by atomic mass is 9.92. The summed E-state index contributed by atoms with van der Waals surface area (Å²) in [6, 6.07) is 0.492. The monoisotopic (exact) mass is 302 g/mol. The van der Waals surface area contributed by atoms with E-state index in [1.165, 1.54) is 38.5 Å². The molecular formula is C16H31ClN2O. The van der Waals surface area contributed by atoms with E-state index >= 15 is 0 Å². The minimum absolute atomic E-state index is 0. The third-order valence-electron chi connectivity index (χ3n) is 4.81.